The van der Waals surface area contributed by atoms with Crippen LogP contribution in [-0.2, 0) is 16.2 Å². The van der Waals surface area contributed by atoms with Gasteiger partial charge in [0, 0.05) is 5.56 Å². The molecule has 2 aromatic carbocycles. The second-order valence-electron chi connectivity index (χ2n) is 5.45. The first kappa shape index (κ1) is 19.4. The monoisotopic (exact) mass is 416 g/mol. The van der Waals surface area contributed by atoms with E-state index in [-0.39, 0.29) is 10.7 Å². The van der Waals surface area contributed by atoms with Gasteiger partial charge in [-0.3, -0.25) is 0 Å². The number of rotatable bonds is 4. The van der Waals surface area contributed by atoms with E-state index >= 15 is 0 Å². The lowest BCUT2D eigenvalue weighted by atomic mass is 10.1. The Hall–Kier alpha value is -2.33. The van der Waals surface area contributed by atoms with Crippen LogP contribution in [0.25, 0.3) is 11.3 Å². The van der Waals surface area contributed by atoms with Gasteiger partial charge in [0.25, 0.3) is 10.0 Å². The summed E-state index contributed by atoms with van der Waals surface area (Å²) in [5, 5.41) is 4.24. The molecule has 0 N–H and O–H groups in total. The molecule has 0 atom stereocenters. The lowest BCUT2D eigenvalue weighted by Gasteiger charge is -2.10. The average molecular weight is 416 g/mol. The predicted octanol–water partition coefficient (Wildman–Crippen LogP) is 4.67. The van der Waals surface area contributed by atoms with Crippen molar-refractivity contribution < 1.29 is 26.0 Å². The van der Waals surface area contributed by atoms with E-state index in [2.05, 4.69) is 5.10 Å². The minimum Gasteiger partial charge on any atom is -0.207 e. The highest BCUT2D eigenvalue weighted by Gasteiger charge is 2.32. The summed E-state index contributed by atoms with van der Waals surface area (Å²) in [6, 6.07) is 10.2. The molecule has 0 bridgehead atoms. The van der Waals surface area contributed by atoms with Crippen LogP contribution >= 0.6 is 11.8 Å². The number of aromatic nitrogens is 2. The summed E-state index contributed by atoms with van der Waals surface area (Å²) in [5.41, 5.74) is -0.334. The van der Waals surface area contributed by atoms with Gasteiger partial charge in [0.15, 0.2) is 0 Å². The van der Waals surface area contributed by atoms with Crippen LogP contribution in [0.2, 0.25) is 0 Å². The summed E-state index contributed by atoms with van der Waals surface area (Å²) in [4.78, 5) is -0.526. The van der Waals surface area contributed by atoms with Gasteiger partial charge in [0.05, 0.1) is 16.2 Å². The molecule has 0 aliphatic rings. The third-order valence-electron chi connectivity index (χ3n) is 3.68. The largest absolute Gasteiger partial charge is 0.416 e. The number of hydrogen-bond donors (Lipinski definition) is 0. The summed E-state index contributed by atoms with van der Waals surface area (Å²) in [6.07, 6.45) is -3.05. The maximum atomic E-state index is 13.1. The minimum absolute atomic E-state index is 0.215. The number of nitrogens with zero attached hydrogens (tertiary/aromatic N) is 2. The molecular weight excluding hydrogens is 404 g/mol. The predicted molar refractivity (Wildman–Crippen MR) is 93.4 cm³/mol. The van der Waals surface area contributed by atoms with Crippen LogP contribution in [0.15, 0.2) is 64.5 Å². The molecule has 1 heterocycles. The molecule has 0 aliphatic carbocycles. The molecule has 1 aromatic heterocycles. The molecule has 0 amide bonds. The summed E-state index contributed by atoms with van der Waals surface area (Å²) in [7, 11) is -4.35. The normalized spacial score (nSPS) is 12.3. The second-order valence-corrected chi connectivity index (χ2v) is 8.05. The van der Waals surface area contributed by atoms with Crippen LogP contribution in [0.1, 0.15) is 5.56 Å². The fourth-order valence-corrected chi connectivity index (χ4v) is 4.51. The summed E-state index contributed by atoms with van der Waals surface area (Å²) < 4.78 is 78.2. The van der Waals surface area contributed by atoms with Gasteiger partial charge in [-0.2, -0.15) is 26.7 Å². The van der Waals surface area contributed by atoms with E-state index in [1.165, 1.54) is 30.3 Å². The van der Waals surface area contributed by atoms with Crippen molar-refractivity contribution in [1.29, 1.82) is 0 Å². The molecule has 27 heavy (non-hydrogen) atoms. The van der Waals surface area contributed by atoms with E-state index in [4.69, 9.17) is 0 Å². The first-order valence-electron chi connectivity index (χ1n) is 7.46. The van der Waals surface area contributed by atoms with Gasteiger partial charge in [-0.1, -0.05) is 6.07 Å². The van der Waals surface area contributed by atoms with E-state index in [1.54, 1.807) is 6.26 Å². The van der Waals surface area contributed by atoms with Crippen LogP contribution < -0.4 is 0 Å². The highest BCUT2D eigenvalue weighted by atomic mass is 32.2. The summed E-state index contributed by atoms with van der Waals surface area (Å²) in [6.45, 7) is 0. The maximum absolute atomic E-state index is 13.1. The van der Waals surface area contributed by atoms with Gasteiger partial charge in [-0.05, 0) is 54.8 Å². The third kappa shape index (κ3) is 3.86. The van der Waals surface area contributed by atoms with Crippen molar-refractivity contribution in [2.75, 3.05) is 6.26 Å². The van der Waals surface area contributed by atoms with Crippen LogP contribution in [0.4, 0.5) is 17.6 Å². The molecule has 0 saturated heterocycles. The Bertz CT molecular complexity index is 1080. The van der Waals surface area contributed by atoms with E-state index in [1.807, 2.05) is 0 Å². The Kier molecular flexibility index (Phi) is 5.04. The van der Waals surface area contributed by atoms with Crippen molar-refractivity contribution in [1.82, 2.24) is 9.19 Å². The third-order valence-corrected chi connectivity index (χ3v) is 6.09. The second kappa shape index (κ2) is 7.01. The van der Waals surface area contributed by atoms with Gasteiger partial charge >= 0.3 is 6.18 Å². The van der Waals surface area contributed by atoms with E-state index < -0.39 is 32.5 Å². The molecule has 0 unspecified atom stereocenters. The minimum atomic E-state index is -4.67. The summed E-state index contributed by atoms with van der Waals surface area (Å²) in [5.74, 6) is -0.458. The number of benzene rings is 2. The molecule has 0 spiro atoms. The zero-order valence-corrected chi connectivity index (χ0v) is 15.4. The van der Waals surface area contributed by atoms with Gasteiger partial charge in [-0.15, -0.1) is 15.8 Å². The Morgan fingerprint density at radius 2 is 1.70 bits per heavy atom. The molecule has 0 radical (unpaired) electrons. The van der Waals surface area contributed by atoms with Gasteiger partial charge < -0.3 is 0 Å². The molecule has 10 heteroatoms. The zero-order chi connectivity index (χ0) is 19.8. The van der Waals surface area contributed by atoms with Crippen molar-refractivity contribution in [3.63, 3.8) is 0 Å². The van der Waals surface area contributed by atoms with Crippen molar-refractivity contribution in [2.45, 2.75) is 16.1 Å². The Morgan fingerprint density at radius 1 is 1.04 bits per heavy atom. The van der Waals surface area contributed by atoms with E-state index in [0.717, 1.165) is 30.0 Å². The molecule has 0 aliphatic heterocycles. The Morgan fingerprint density at radius 3 is 2.30 bits per heavy atom. The van der Waals surface area contributed by atoms with Crippen LogP contribution in [0.3, 0.4) is 0 Å². The molecule has 0 saturated carbocycles. The van der Waals surface area contributed by atoms with Gasteiger partial charge in [-0.25, -0.2) is 4.39 Å². The Labute approximate surface area is 156 Å². The smallest absolute Gasteiger partial charge is 0.207 e. The van der Waals surface area contributed by atoms with E-state index in [0.29, 0.717) is 15.7 Å². The number of halogens is 4. The van der Waals surface area contributed by atoms with Crippen molar-refractivity contribution in [2.24, 2.45) is 0 Å². The number of thioether (sulfide) groups is 1. The van der Waals surface area contributed by atoms with Crippen molar-refractivity contribution in [3.8, 4) is 11.3 Å². The van der Waals surface area contributed by atoms with E-state index in [9.17, 15) is 26.0 Å². The van der Waals surface area contributed by atoms with Crippen LogP contribution in [0, 0.1) is 5.82 Å². The number of hydrogen-bond acceptors (Lipinski definition) is 4. The fourth-order valence-electron chi connectivity index (χ4n) is 2.35. The standard InChI is InChI=1S/C17H12F4N2O2S2/c1-26-16-10-15(11-5-7-13(18)8-6-11)22-23(16)27(24,25)14-4-2-3-12(9-14)17(19,20)21/h2-10H,1H3. The maximum Gasteiger partial charge on any atom is 0.416 e. The average Bonchev–Trinajstić information content (AvgIpc) is 3.07. The topological polar surface area (TPSA) is 52.0 Å². The lowest BCUT2D eigenvalue weighted by molar-refractivity contribution is -0.137. The Balaban J connectivity index is 2.11. The molecular formula is C17H12F4N2O2S2. The summed E-state index contributed by atoms with van der Waals surface area (Å²) >= 11 is 1.07. The van der Waals surface area contributed by atoms with Gasteiger partial charge in [0.2, 0.25) is 0 Å². The first-order chi connectivity index (χ1) is 12.6. The molecule has 142 valence electrons. The molecule has 3 aromatic rings. The SMILES string of the molecule is CSc1cc(-c2ccc(F)cc2)nn1S(=O)(=O)c1cccc(C(F)(F)F)c1. The highest BCUT2D eigenvalue weighted by Crippen LogP contribution is 2.32. The lowest BCUT2D eigenvalue weighted by Crippen LogP contribution is -2.16. The number of alkyl halides is 3. The zero-order valence-electron chi connectivity index (χ0n) is 13.7. The quantitative estimate of drug-likeness (QED) is 0.458. The first-order valence-corrected chi connectivity index (χ1v) is 10.1. The van der Waals surface area contributed by atoms with Crippen LogP contribution in [-0.4, -0.2) is 23.9 Å². The van der Waals surface area contributed by atoms with Crippen LogP contribution in [0.5, 0.6) is 0 Å². The molecule has 0 fully saturated rings. The highest BCUT2D eigenvalue weighted by molar-refractivity contribution is 7.99. The van der Waals surface area contributed by atoms with Gasteiger partial charge in [0.1, 0.15) is 10.8 Å². The molecule has 4 nitrogen and oxygen atoms in total. The van der Waals surface area contributed by atoms with Crippen molar-refractivity contribution >= 4 is 21.8 Å². The molecule has 3 rings (SSSR count). The fraction of sp³-hybridized carbons (Fsp3) is 0.118. The van der Waals surface area contributed by atoms with Crippen molar-refractivity contribution in [3.05, 3.63) is 66.0 Å².